The molecule has 0 amide bonds. The Morgan fingerprint density at radius 3 is 1.94 bits per heavy atom. The molecule has 0 spiro atoms. The average Bonchev–Trinajstić information content (AvgIpc) is 3.91. The zero-order chi connectivity index (χ0) is 56.9. The summed E-state index contributed by atoms with van der Waals surface area (Å²) in [6, 6.07) is 38.8. The first-order valence-electron chi connectivity index (χ1n) is 28.8. The number of benzene rings is 5. The van der Waals surface area contributed by atoms with Crippen LogP contribution in [-0.4, -0.2) is 9.97 Å². The fraction of sp³-hybridized carbons (Fsp3) is 0.406. The van der Waals surface area contributed by atoms with Crippen molar-refractivity contribution in [2.45, 2.75) is 141 Å². The van der Waals surface area contributed by atoms with Crippen molar-refractivity contribution >= 4 is 32.7 Å². The van der Waals surface area contributed by atoms with E-state index >= 15 is 0 Å². The van der Waals surface area contributed by atoms with Gasteiger partial charge in [0.05, 0.1) is 5.58 Å². The number of hydrogen-bond donors (Lipinski definition) is 0. The van der Waals surface area contributed by atoms with Crippen LogP contribution in [0.15, 0.2) is 120 Å². The molecule has 3 nitrogen and oxygen atoms in total. The van der Waals surface area contributed by atoms with Gasteiger partial charge in [0.1, 0.15) is 5.58 Å². The van der Waals surface area contributed by atoms with E-state index in [-0.39, 0.29) is 47.6 Å². The van der Waals surface area contributed by atoms with Crippen molar-refractivity contribution in [1.29, 1.82) is 0 Å². The maximum Gasteiger partial charge on any atom is 0.128 e. The number of aryl methyl sites for hydroxylation is 1. The van der Waals surface area contributed by atoms with E-state index in [4.69, 9.17) is 19.0 Å². The molecule has 9 rings (SSSR count). The number of pyridine rings is 2. The summed E-state index contributed by atoms with van der Waals surface area (Å²) in [5.41, 5.74) is 3.93. The Hall–Kier alpha value is -4.89. The third kappa shape index (κ3) is 11.4. The van der Waals surface area contributed by atoms with Crippen LogP contribution in [0.5, 0.6) is 0 Å². The molecule has 0 saturated heterocycles. The molecular weight excluding hydrogens is 1000 g/mol. The second-order valence-corrected chi connectivity index (χ2v) is 22.8. The monoisotopic (exact) mass is 1090 g/mol. The number of hydrogen-bond acceptors (Lipinski definition) is 3. The van der Waals surface area contributed by atoms with Gasteiger partial charge in [0.2, 0.25) is 0 Å². The molecule has 1 radical (unpaired) electrons. The Labute approximate surface area is 436 Å². The van der Waals surface area contributed by atoms with Crippen LogP contribution in [0, 0.1) is 46.1 Å². The molecule has 1 aliphatic rings. The van der Waals surface area contributed by atoms with Crippen molar-refractivity contribution in [2.24, 2.45) is 27.1 Å². The summed E-state index contributed by atoms with van der Waals surface area (Å²) >= 11 is 0. The van der Waals surface area contributed by atoms with Crippen molar-refractivity contribution < 1.29 is 38.2 Å². The minimum absolute atomic E-state index is 0. The normalized spacial score (nSPS) is 18.7. The van der Waals surface area contributed by atoms with Crippen LogP contribution < -0.4 is 0 Å². The molecular formula is C64H74IrN2O-2. The molecule has 0 N–H and O–H groups in total. The summed E-state index contributed by atoms with van der Waals surface area (Å²) in [5, 5.41) is 4.22. The fourth-order valence-electron chi connectivity index (χ4n) is 9.94. The SMILES string of the molecule is [2H]C([2H])([2H])c1c[c-]c(-c2cc(C([2H])([2H])C(C)(C)C)c(C([2H])([2H])C(C)(C)C)cn2)cc1-c1ccccc1.[2H]C([2H])(c1cnc(-c2[c-]ccc3c2oc2c4ccccc4ccc32)cc1C1([2H])C(C)(C)CCCC1(C)C)C(C)(C)C.[Ir]. The van der Waals surface area contributed by atoms with Gasteiger partial charge < -0.3 is 14.4 Å². The molecule has 8 aromatic rings. The van der Waals surface area contributed by atoms with Crippen molar-refractivity contribution in [3.63, 3.8) is 0 Å². The van der Waals surface area contributed by atoms with E-state index in [1.807, 2.05) is 81.4 Å². The van der Waals surface area contributed by atoms with E-state index < -0.39 is 48.1 Å². The van der Waals surface area contributed by atoms with Gasteiger partial charge in [-0.1, -0.05) is 199 Å². The zero-order valence-electron chi connectivity index (χ0n) is 52.2. The molecule has 0 bridgehead atoms. The molecule has 357 valence electrons. The van der Waals surface area contributed by atoms with Crippen LogP contribution in [0.2, 0.25) is 0 Å². The average molecular weight is 1090 g/mol. The predicted octanol–water partition coefficient (Wildman–Crippen LogP) is 18.2. The minimum Gasteiger partial charge on any atom is -0.500 e. The van der Waals surface area contributed by atoms with E-state index in [0.717, 1.165) is 63.1 Å². The minimum atomic E-state index is -2.34. The van der Waals surface area contributed by atoms with Gasteiger partial charge in [-0.15, -0.1) is 47.5 Å². The van der Waals surface area contributed by atoms with E-state index in [9.17, 15) is 4.11 Å². The Kier molecular flexibility index (Phi) is 11.1. The van der Waals surface area contributed by atoms with Gasteiger partial charge >= 0.3 is 0 Å². The molecule has 1 fully saturated rings. The predicted molar refractivity (Wildman–Crippen MR) is 286 cm³/mol. The van der Waals surface area contributed by atoms with Crippen molar-refractivity contribution in [3.8, 4) is 33.6 Å². The summed E-state index contributed by atoms with van der Waals surface area (Å²) < 4.78 is 95.1. The van der Waals surface area contributed by atoms with Crippen molar-refractivity contribution in [2.75, 3.05) is 0 Å². The standard InChI is InChI=1S/C36H40NO.C28H34N.Ir/c1-34(2,3)21-24-22-37-30(20-29(24)33-35(4,5)18-11-19-36(33,6)7)28-15-10-14-26-27-17-16-23-12-8-9-13-25(23)31(27)38-32(26)28;1-20-13-14-22(15-25(20)21-11-9-8-10-12-21)26-16-23(17-27(2,3)4)24(19-29-26)18-28(5,6)7;/h8-10,12-14,16-17,20,22,33H,11,18-19,21H2,1-7H3;8-13,15-16,19H,17-18H2,1-7H3;/q2*-1;/i21D2,33D;1D3,17D2,18D2;. The molecule has 0 aliphatic heterocycles. The molecule has 1 aliphatic carbocycles. The second kappa shape index (κ2) is 19.5. The van der Waals surface area contributed by atoms with Crippen LogP contribution in [-0.2, 0) is 39.2 Å². The summed E-state index contributed by atoms with van der Waals surface area (Å²) in [4.78, 5) is 9.41. The van der Waals surface area contributed by atoms with E-state index in [1.54, 1.807) is 59.9 Å². The van der Waals surface area contributed by atoms with Gasteiger partial charge in [0, 0.05) is 57.0 Å². The number of rotatable bonds is 7. The molecule has 4 heteroatoms. The third-order valence-corrected chi connectivity index (χ3v) is 12.5. The number of furan rings is 1. The van der Waals surface area contributed by atoms with Crippen molar-refractivity contribution in [1.82, 2.24) is 9.97 Å². The maximum absolute atomic E-state index is 10.3. The van der Waals surface area contributed by atoms with Gasteiger partial charge in [-0.3, -0.25) is 0 Å². The molecule has 3 heterocycles. The molecule has 0 atom stereocenters. The summed E-state index contributed by atoms with van der Waals surface area (Å²) in [5.74, 6) is -1.04. The molecule has 68 heavy (non-hydrogen) atoms. The van der Waals surface area contributed by atoms with Crippen LogP contribution in [0.3, 0.4) is 0 Å². The molecule has 0 unspecified atom stereocenters. The van der Waals surface area contributed by atoms with E-state index in [2.05, 4.69) is 69.1 Å². The van der Waals surface area contributed by atoms with Crippen LogP contribution in [0.1, 0.15) is 157 Å². The first kappa shape index (κ1) is 38.9. The first-order valence-corrected chi connectivity index (χ1v) is 23.8. The van der Waals surface area contributed by atoms with Crippen LogP contribution in [0.25, 0.3) is 66.4 Å². The van der Waals surface area contributed by atoms with Gasteiger partial charge in [-0.05, 0) is 110 Å². The van der Waals surface area contributed by atoms with Crippen LogP contribution in [0.4, 0.5) is 0 Å². The quantitative estimate of drug-likeness (QED) is 0.149. The zero-order valence-corrected chi connectivity index (χ0v) is 44.6. The smallest absolute Gasteiger partial charge is 0.128 e. The van der Waals surface area contributed by atoms with Crippen molar-refractivity contribution in [3.05, 3.63) is 155 Å². The largest absolute Gasteiger partial charge is 0.500 e. The number of nitrogens with zero attached hydrogens (tertiary/aromatic N) is 2. The summed E-state index contributed by atoms with van der Waals surface area (Å²) in [6.07, 6.45) is 0.572. The van der Waals surface area contributed by atoms with Gasteiger partial charge in [0.15, 0.2) is 0 Å². The third-order valence-electron chi connectivity index (χ3n) is 12.5. The van der Waals surface area contributed by atoms with E-state index in [0.29, 0.717) is 33.7 Å². The van der Waals surface area contributed by atoms with E-state index in [1.165, 1.54) is 12.3 Å². The fourth-order valence-corrected chi connectivity index (χ4v) is 9.94. The maximum atomic E-state index is 10.3. The Morgan fingerprint density at radius 2 is 1.26 bits per heavy atom. The second-order valence-electron chi connectivity index (χ2n) is 22.8. The summed E-state index contributed by atoms with van der Waals surface area (Å²) in [7, 11) is 0. The number of fused-ring (bicyclic) bond motifs is 5. The van der Waals surface area contributed by atoms with Gasteiger partial charge in [0.25, 0.3) is 0 Å². The van der Waals surface area contributed by atoms with Gasteiger partial charge in [-0.2, -0.15) is 0 Å². The topological polar surface area (TPSA) is 38.9 Å². The first-order chi connectivity index (χ1) is 35.4. The molecule has 3 aromatic heterocycles. The molecule has 1 saturated carbocycles. The van der Waals surface area contributed by atoms with Crippen LogP contribution >= 0.6 is 0 Å². The Bertz CT molecular complexity index is 3490. The Morgan fingerprint density at radius 1 is 0.662 bits per heavy atom. The summed E-state index contributed by atoms with van der Waals surface area (Å²) in [6.45, 7) is 22.8. The van der Waals surface area contributed by atoms with Gasteiger partial charge in [-0.25, -0.2) is 0 Å². The Balaban J connectivity index is 0.000000226. The number of aromatic nitrogens is 2. The molecule has 5 aromatic carbocycles.